The van der Waals surface area contributed by atoms with Crippen LogP contribution in [-0.4, -0.2) is 0 Å². The maximum absolute atomic E-state index is 6.19. The summed E-state index contributed by atoms with van der Waals surface area (Å²) < 4.78 is 0.915. The molecule has 0 saturated carbocycles. The summed E-state index contributed by atoms with van der Waals surface area (Å²) in [5, 5.41) is 0. The zero-order valence-electron chi connectivity index (χ0n) is 8.64. The highest BCUT2D eigenvalue weighted by Gasteiger charge is 2.28. The number of hydrogen-bond donors (Lipinski definition) is 1. The van der Waals surface area contributed by atoms with Crippen LogP contribution in [0.2, 0.25) is 4.34 Å². The normalized spacial score (nSPS) is 26.3. The number of hydrogen-bond acceptors (Lipinski definition) is 2. The van der Waals surface area contributed by atoms with Crippen molar-refractivity contribution in [2.45, 2.75) is 39.2 Å². The largest absolute Gasteiger partial charge is 0.326 e. The van der Waals surface area contributed by atoms with Gasteiger partial charge in [-0.25, -0.2) is 0 Å². The van der Waals surface area contributed by atoms with Gasteiger partial charge < -0.3 is 5.73 Å². The predicted molar refractivity (Wildman–Crippen MR) is 63.1 cm³/mol. The van der Waals surface area contributed by atoms with Crippen LogP contribution in [0.3, 0.4) is 0 Å². The van der Waals surface area contributed by atoms with Crippen molar-refractivity contribution >= 4 is 22.9 Å². The Morgan fingerprint density at radius 1 is 1.50 bits per heavy atom. The van der Waals surface area contributed by atoms with Gasteiger partial charge in [0.15, 0.2) is 0 Å². The highest BCUT2D eigenvalue weighted by molar-refractivity contribution is 7.16. The molecule has 1 heterocycles. The summed E-state index contributed by atoms with van der Waals surface area (Å²) in [7, 11) is 0. The van der Waals surface area contributed by atoms with E-state index in [1.807, 2.05) is 0 Å². The summed E-state index contributed by atoms with van der Waals surface area (Å²) in [6.07, 6.45) is 2.47. The van der Waals surface area contributed by atoms with Crippen molar-refractivity contribution in [3.05, 3.63) is 20.3 Å². The summed E-state index contributed by atoms with van der Waals surface area (Å²) in [6, 6.07) is 0. The maximum Gasteiger partial charge on any atom is 0.0979 e. The minimum Gasteiger partial charge on any atom is -0.326 e. The lowest BCUT2D eigenvalue weighted by Gasteiger charge is -2.27. The van der Waals surface area contributed by atoms with Gasteiger partial charge in [0.05, 0.1) is 4.34 Å². The smallest absolute Gasteiger partial charge is 0.0979 e. The molecule has 0 fully saturated rings. The molecule has 2 rings (SSSR count). The monoisotopic (exact) mass is 229 g/mol. The van der Waals surface area contributed by atoms with Crippen molar-refractivity contribution in [1.29, 1.82) is 0 Å². The topological polar surface area (TPSA) is 26.0 Å². The zero-order valence-corrected chi connectivity index (χ0v) is 10.2. The first-order chi connectivity index (χ1) is 6.65. The van der Waals surface area contributed by atoms with Crippen LogP contribution in [0.4, 0.5) is 0 Å². The molecule has 2 N–H and O–H groups in total. The lowest BCUT2D eigenvalue weighted by atomic mass is 9.79. The number of fused-ring (bicyclic) bond motifs is 1. The molecule has 0 spiro atoms. The molecule has 1 aromatic heterocycles. The van der Waals surface area contributed by atoms with Crippen LogP contribution in [-0.2, 0) is 13.0 Å². The van der Waals surface area contributed by atoms with E-state index >= 15 is 0 Å². The Kier molecular flexibility index (Phi) is 2.87. The molecule has 2 unspecified atom stereocenters. The Labute approximate surface area is 94.3 Å². The Morgan fingerprint density at radius 3 is 2.86 bits per heavy atom. The summed E-state index contributed by atoms with van der Waals surface area (Å²) in [5.74, 6) is 1.39. The van der Waals surface area contributed by atoms with Gasteiger partial charge in [-0.05, 0) is 35.8 Å². The molecule has 0 radical (unpaired) electrons. The standard InChI is InChI=1S/C11H16ClNS/c1-6-3-4-9-10(7(6)2)8(5-13)11(12)14-9/h6-7H,3-5,13H2,1-2H3. The summed E-state index contributed by atoms with van der Waals surface area (Å²) in [5.41, 5.74) is 8.41. The molecule has 3 heteroatoms. The molecule has 1 nitrogen and oxygen atoms in total. The van der Waals surface area contributed by atoms with Gasteiger partial charge in [0.25, 0.3) is 0 Å². The van der Waals surface area contributed by atoms with Crippen molar-refractivity contribution in [2.75, 3.05) is 0 Å². The number of nitrogens with two attached hydrogens (primary N) is 1. The number of aryl methyl sites for hydroxylation is 1. The molecule has 1 aliphatic rings. The highest BCUT2D eigenvalue weighted by atomic mass is 35.5. The Morgan fingerprint density at radius 2 is 2.21 bits per heavy atom. The third kappa shape index (κ3) is 1.50. The molecular weight excluding hydrogens is 214 g/mol. The number of thiophene rings is 1. The van der Waals surface area contributed by atoms with Crippen LogP contribution in [0.1, 0.15) is 42.2 Å². The van der Waals surface area contributed by atoms with Crippen LogP contribution >= 0.6 is 22.9 Å². The van der Waals surface area contributed by atoms with E-state index in [0.29, 0.717) is 12.5 Å². The van der Waals surface area contributed by atoms with Gasteiger partial charge in [0.1, 0.15) is 0 Å². The third-order valence-corrected chi connectivity index (χ3v) is 4.97. The fourth-order valence-electron chi connectivity index (χ4n) is 2.30. The molecular formula is C11H16ClNS. The number of rotatable bonds is 1. The maximum atomic E-state index is 6.19. The van der Waals surface area contributed by atoms with Gasteiger partial charge in [0, 0.05) is 11.4 Å². The molecule has 78 valence electrons. The second-order valence-corrected chi connectivity index (χ2v) is 5.91. The Hall–Kier alpha value is -0.0500. The summed E-state index contributed by atoms with van der Waals surface area (Å²) in [6.45, 7) is 5.20. The van der Waals surface area contributed by atoms with Gasteiger partial charge in [-0.15, -0.1) is 11.3 Å². The van der Waals surface area contributed by atoms with Crippen LogP contribution in [0.5, 0.6) is 0 Å². The van der Waals surface area contributed by atoms with E-state index < -0.39 is 0 Å². The minimum atomic E-state index is 0.585. The van der Waals surface area contributed by atoms with E-state index in [1.54, 1.807) is 11.3 Å². The van der Waals surface area contributed by atoms with E-state index in [2.05, 4.69) is 13.8 Å². The van der Waals surface area contributed by atoms with Gasteiger partial charge in [0.2, 0.25) is 0 Å². The van der Waals surface area contributed by atoms with Crippen molar-refractivity contribution in [3.63, 3.8) is 0 Å². The Balaban J connectivity index is 2.50. The zero-order chi connectivity index (χ0) is 10.3. The van der Waals surface area contributed by atoms with Gasteiger partial charge in [-0.1, -0.05) is 25.4 Å². The second kappa shape index (κ2) is 3.84. The lowest BCUT2D eigenvalue weighted by molar-refractivity contribution is 0.428. The van der Waals surface area contributed by atoms with Crippen LogP contribution < -0.4 is 5.73 Å². The molecule has 2 atom stereocenters. The van der Waals surface area contributed by atoms with E-state index in [4.69, 9.17) is 17.3 Å². The molecule has 0 bridgehead atoms. The average Bonchev–Trinajstić information content (AvgIpc) is 2.48. The fourth-order valence-corrected chi connectivity index (χ4v) is 3.93. The molecule has 1 aromatic rings. The Bertz CT molecular complexity index is 345. The molecule has 14 heavy (non-hydrogen) atoms. The predicted octanol–water partition coefficient (Wildman–Crippen LogP) is 3.55. The highest BCUT2D eigenvalue weighted by Crippen LogP contribution is 2.44. The van der Waals surface area contributed by atoms with E-state index in [-0.39, 0.29) is 0 Å². The average molecular weight is 230 g/mol. The second-order valence-electron chi connectivity index (χ2n) is 4.20. The van der Waals surface area contributed by atoms with Gasteiger partial charge in [-0.2, -0.15) is 0 Å². The van der Waals surface area contributed by atoms with Crippen molar-refractivity contribution in [2.24, 2.45) is 11.7 Å². The van der Waals surface area contributed by atoms with Gasteiger partial charge in [-0.3, -0.25) is 0 Å². The molecule has 1 aliphatic carbocycles. The fraction of sp³-hybridized carbons (Fsp3) is 0.636. The van der Waals surface area contributed by atoms with E-state index in [9.17, 15) is 0 Å². The SMILES string of the molecule is CC1CCc2sc(Cl)c(CN)c2C1C. The minimum absolute atomic E-state index is 0.585. The molecule has 0 saturated heterocycles. The molecule has 0 aliphatic heterocycles. The third-order valence-electron chi connectivity index (χ3n) is 3.42. The lowest BCUT2D eigenvalue weighted by Crippen LogP contribution is -2.16. The van der Waals surface area contributed by atoms with Crippen LogP contribution in [0.25, 0.3) is 0 Å². The first-order valence-electron chi connectivity index (χ1n) is 5.15. The summed E-state index contributed by atoms with van der Waals surface area (Å²) in [4.78, 5) is 1.47. The van der Waals surface area contributed by atoms with Gasteiger partial charge >= 0.3 is 0 Å². The number of halogens is 1. The molecule has 0 amide bonds. The van der Waals surface area contributed by atoms with Crippen molar-refractivity contribution in [3.8, 4) is 0 Å². The first kappa shape index (κ1) is 10.5. The quantitative estimate of drug-likeness (QED) is 0.783. The first-order valence-corrected chi connectivity index (χ1v) is 6.34. The van der Waals surface area contributed by atoms with Crippen LogP contribution in [0, 0.1) is 5.92 Å². The van der Waals surface area contributed by atoms with E-state index in [0.717, 1.165) is 10.3 Å². The van der Waals surface area contributed by atoms with Crippen molar-refractivity contribution in [1.82, 2.24) is 0 Å². The summed E-state index contributed by atoms with van der Waals surface area (Å²) >= 11 is 7.92. The molecule has 0 aromatic carbocycles. The van der Waals surface area contributed by atoms with E-state index in [1.165, 1.54) is 28.8 Å². The van der Waals surface area contributed by atoms with Crippen LogP contribution in [0.15, 0.2) is 0 Å². The van der Waals surface area contributed by atoms with Crippen molar-refractivity contribution < 1.29 is 0 Å².